The van der Waals surface area contributed by atoms with Gasteiger partial charge in [-0.2, -0.15) is 0 Å². The first-order valence-corrected chi connectivity index (χ1v) is 4.55. The third kappa shape index (κ3) is 2.52. The van der Waals surface area contributed by atoms with Crippen molar-refractivity contribution in [2.45, 2.75) is 39.2 Å². The van der Waals surface area contributed by atoms with Gasteiger partial charge < -0.3 is 5.11 Å². The molecule has 0 unspecified atom stereocenters. The van der Waals surface area contributed by atoms with Crippen molar-refractivity contribution in [3.8, 4) is 0 Å². The van der Waals surface area contributed by atoms with E-state index in [1.807, 2.05) is 20.8 Å². The molecule has 0 amide bonds. The Balaban J connectivity index is 2.83. The molecule has 1 fully saturated rings. The number of aliphatic imine (C=N–C) groups is 1. The molecule has 1 aliphatic rings. The second kappa shape index (κ2) is 3.46. The molecule has 1 saturated carbocycles. The van der Waals surface area contributed by atoms with E-state index in [1.54, 1.807) is 6.21 Å². The van der Waals surface area contributed by atoms with Gasteiger partial charge in [-0.3, -0.25) is 4.99 Å². The van der Waals surface area contributed by atoms with Gasteiger partial charge in [0.25, 0.3) is 0 Å². The van der Waals surface area contributed by atoms with Crippen LogP contribution in [0.15, 0.2) is 28.4 Å². The van der Waals surface area contributed by atoms with E-state index in [9.17, 15) is 5.11 Å². The number of aliphatic hydroxyl groups is 1. The molecule has 0 atom stereocenters. The number of hydrogen-bond donors (Lipinski definition) is 1. The van der Waals surface area contributed by atoms with Crippen molar-refractivity contribution >= 4 is 6.21 Å². The molecule has 72 valence electrons. The van der Waals surface area contributed by atoms with Gasteiger partial charge in [0.1, 0.15) is 0 Å². The normalized spacial score (nSPS) is 18.8. The van der Waals surface area contributed by atoms with Gasteiger partial charge in [-0.05, 0) is 33.6 Å². The number of hydrogen-bond acceptors (Lipinski definition) is 2. The smallest absolute Gasteiger partial charge is 0.0913 e. The van der Waals surface area contributed by atoms with Crippen LogP contribution in [-0.4, -0.2) is 16.9 Å². The van der Waals surface area contributed by atoms with Crippen LogP contribution in [0.2, 0.25) is 0 Å². The van der Waals surface area contributed by atoms with E-state index in [4.69, 9.17) is 0 Å². The Morgan fingerprint density at radius 1 is 1.38 bits per heavy atom. The van der Waals surface area contributed by atoms with Crippen LogP contribution in [0.25, 0.3) is 0 Å². The first kappa shape index (κ1) is 10.2. The molecule has 0 spiro atoms. The predicted octanol–water partition coefficient (Wildman–Crippen LogP) is 2.45. The number of rotatable bonds is 3. The van der Waals surface area contributed by atoms with Crippen molar-refractivity contribution in [2.75, 3.05) is 0 Å². The minimum atomic E-state index is -0.586. The van der Waals surface area contributed by atoms with Gasteiger partial charge in [-0.25, -0.2) is 0 Å². The molecule has 0 aliphatic heterocycles. The summed E-state index contributed by atoms with van der Waals surface area (Å²) in [5, 5.41) is 9.89. The SMILES string of the molecule is C=C(C)N=CC(=C(C)C)C1(O)CC1. The molecule has 2 nitrogen and oxygen atoms in total. The Morgan fingerprint density at radius 3 is 2.23 bits per heavy atom. The lowest BCUT2D eigenvalue weighted by Gasteiger charge is -2.10. The first-order valence-electron chi connectivity index (χ1n) is 4.55. The molecule has 0 heterocycles. The van der Waals surface area contributed by atoms with Crippen LogP contribution in [-0.2, 0) is 0 Å². The fraction of sp³-hybridized carbons (Fsp3) is 0.545. The average Bonchev–Trinajstić information content (AvgIpc) is 2.67. The van der Waals surface area contributed by atoms with E-state index < -0.39 is 5.60 Å². The highest BCUT2D eigenvalue weighted by Gasteiger charge is 2.43. The van der Waals surface area contributed by atoms with Gasteiger partial charge in [0.05, 0.1) is 5.60 Å². The lowest BCUT2D eigenvalue weighted by Crippen LogP contribution is -2.13. The monoisotopic (exact) mass is 179 g/mol. The molecule has 0 saturated heterocycles. The highest BCUT2D eigenvalue weighted by atomic mass is 16.3. The Labute approximate surface area is 79.7 Å². The van der Waals surface area contributed by atoms with E-state index in [0.717, 1.165) is 29.7 Å². The fourth-order valence-corrected chi connectivity index (χ4v) is 1.28. The molecule has 1 rings (SSSR count). The van der Waals surface area contributed by atoms with Crippen LogP contribution in [0.5, 0.6) is 0 Å². The predicted molar refractivity (Wildman–Crippen MR) is 55.9 cm³/mol. The summed E-state index contributed by atoms with van der Waals surface area (Å²) in [7, 11) is 0. The van der Waals surface area contributed by atoms with Crippen molar-refractivity contribution in [3.05, 3.63) is 23.4 Å². The summed E-state index contributed by atoms with van der Waals surface area (Å²) in [6.07, 6.45) is 3.45. The summed E-state index contributed by atoms with van der Waals surface area (Å²) in [5.74, 6) is 0. The fourth-order valence-electron chi connectivity index (χ4n) is 1.28. The number of allylic oxidation sites excluding steroid dienone is 2. The lowest BCUT2D eigenvalue weighted by atomic mass is 10.0. The zero-order valence-electron chi connectivity index (χ0n) is 8.59. The van der Waals surface area contributed by atoms with Crippen LogP contribution in [0.3, 0.4) is 0 Å². The highest BCUT2D eigenvalue weighted by molar-refractivity contribution is 5.84. The zero-order valence-corrected chi connectivity index (χ0v) is 8.59. The Kier molecular flexibility index (Phi) is 2.71. The first-order chi connectivity index (χ1) is 5.96. The molecular weight excluding hydrogens is 162 g/mol. The van der Waals surface area contributed by atoms with Crippen LogP contribution >= 0.6 is 0 Å². The van der Waals surface area contributed by atoms with Crippen LogP contribution < -0.4 is 0 Å². The van der Waals surface area contributed by atoms with Crippen molar-refractivity contribution in [1.82, 2.24) is 0 Å². The molecule has 1 N–H and O–H groups in total. The van der Waals surface area contributed by atoms with E-state index in [-0.39, 0.29) is 0 Å². The number of nitrogens with zero attached hydrogens (tertiary/aromatic N) is 1. The summed E-state index contributed by atoms with van der Waals surface area (Å²) in [5.41, 5.74) is 2.26. The Hall–Kier alpha value is -0.890. The molecule has 0 aromatic carbocycles. The van der Waals surface area contributed by atoms with Crippen LogP contribution in [0.1, 0.15) is 33.6 Å². The molecule has 0 aromatic heterocycles. The Bertz CT molecular complexity index is 278. The van der Waals surface area contributed by atoms with Crippen LogP contribution in [0, 0.1) is 0 Å². The molecule has 0 bridgehead atoms. The van der Waals surface area contributed by atoms with Crippen LogP contribution in [0.4, 0.5) is 0 Å². The van der Waals surface area contributed by atoms with Crippen molar-refractivity contribution in [3.63, 3.8) is 0 Å². The van der Waals surface area contributed by atoms with Crippen molar-refractivity contribution in [1.29, 1.82) is 0 Å². The molecular formula is C11H17NO. The second-order valence-corrected chi connectivity index (χ2v) is 3.94. The summed E-state index contributed by atoms with van der Waals surface area (Å²) >= 11 is 0. The van der Waals surface area contributed by atoms with Gasteiger partial charge in [0.2, 0.25) is 0 Å². The average molecular weight is 179 g/mol. The second-order valence-electron chi connectivity index (χ2n) is 3.94. The van der Waals surface area contributed by atoms with Gasteiger partial charge in [-0.1, -0.05) is 12.2 Å². The lowest BCUT2D eigenvalue weighted by molar-refractivity contribution is 0.195. The quantitative estimate of drug-likeness (QED) is 0.663. The third-order valence-corrected chi connectivity index (χ3v) is 2.18. The highest BCUT2D eigenvalue weighted by Crippen LogP contribution is 2.42. The maximum absolute atomic E-state index is 9.89. The third-order valence-electron chi connectivity index (χ3n) is 2.18. The Morgan fingerprint density at radius 2 is 1.92 bits per heavy atom. The minimum Gasteiger partial charge on any atom is -0.385 e. The maximum atomic E-state index is 9.89. The van der Waals surface area contributed by atoms with Gasteiger partial charge in [0.15, 0.2) is 0 Å². The van der Waals surface area contributed by atoms with Crippen molar-refractivity contribution < 1.29 is 5.11 Å². The summed E-state index contributed by atoms with van der Waals surface area (Å²) in [4.78, 5) is 4.12. The van der Waals surface area contributed by atoms with E-state index >= 15 is 0 Å². The van der Waals surface area contributed by atoms with Gasteiger partial charge >= 0.3 is 0 Å². The maximum Gasteiger partial charge on any atom is 0.0913 e. The standard InChI is InChI=1S/C11H17NO/c1-8(2)10(7-12-9(3)4)11(13)5-6-11/h7,13H,3,5-6H2,1-2,4H3. The van der Waals surface area contributed by atoms with Crippen molar-refractivity contribution in [2.24, 2.45) is 4.99 Å². The minimum absolute atomic E-state index is 0.586. The van der Waals surface area contributed by atoms with E-state index in [2.05, 4.69) is 11.6 Å². The molecule has 0 radical (unpaired) electrons. The molecule has 1 aliphatic carbocycles. The summed E-state index contributed by atoms with van der Waals surface area (Å²) < 4.78 is 0. The van der Waals surface area contributed by atoms with Gasteiger partial charge in [-0.15, -0.1) is 0 Å². The van der Waals surface area contributed by atoms with E-state index in [1.165, 1.54) is 0 Å². The molecule has 0 aromatic rings. The largest absolute Gasteiger partial charge is 0.385 e. The van der Waals surface area contributed by atoms with Gasteiger partial charge in [0, 0.05) is 17.5 Å². The zero-order chi connectivity index (χ0) is 10.1. The molecule has 13 heavy (non-hydrogen) atoms. The molecule has 2 heteroatoms. The summed E-state index contributed by atoms with van der Waals surface area (Å²) in [6.45, 7) is 9.52. The van der Waals surface area contributed by atoms with E-state index in [0.29, 0.717) is 0 Å². The topological polar surface area (TPSA) is 32.6 Å². The summed E-state index contributed by atoms with van der Waals surface area (Å²) in [6, 6.07) is 0.